The van der Waals surface area contributed by atoms with Crippen LogP contribution in [-0.2, 0) is 6.61 Å². The second-order valence-corrected chi connectivity index (χ2v) is 11.7. The highest BCUT2D eigenvalue weighted by Gasteiger charge is 2.39. The van der Waals surface area contributed by atoms with Crippen molar-refractivity contribution in [1.29, 1.82) is 0 Å². The highest BCUT2D eigenvalue weighted by Crippen LogP contribution is 2.41. The normalized spacial score (nSPS) is 12.4. The van der Waals surface area contributed by atoms with Gasteiger partial charge in [-0.3, -0.25) is 0 Å². The molecule has 1 rings (SSSR count). The van der Waals surface area contributed by atoms with E-state index in [0.717, 1.165) is 10.0 Å². The van der Waals surface area contributed by atoms with Crippen molar-refractivity contribution >= 4 is 24.2 Å². The van der Waals surface area contributed by atoms with E-state index in [-0.39, 0.29) is 11.6 Å². The fraction of sp³-hybridized carbons (Fsp3) is 0.571. The summed E-state index contributed by atoms with van der Waals surface area (Å²) in [5.74, 6) is 1.40. The van der Waals surface area contributed by atoms with E-state index in [0.29, 0.717) is 11.5 Å². The zero-order chi connectivity index (χ0) is 14.8. The van der Waals surface area contributed by atoms with Crippen LogP contribution in [0, 0.1) is 0 Å². The molecule has 0 saturated carbocycles. The molecule has 1 aromatic carbocycles. The fourth-order valence-electron chi connectivity index (χ4n) is 1.37. The summed E-state index contributed by atoms with van der Waals surface area (Å²) >= 11 is 3.42. The van der Waals surface area contributed by atoms with Gasteiger partial charge in [0, 0.05) is 4.47 Å². The van der Waals surface area contributed by atoms with Crippen LogP contribution in [0.1, 0.15) is 26.3 Å². The first kappa shape index (κ1) is 16.5. The lowest BCUT2D eigenvalue weighted by molar-refractivity contribution is 0.280. The quantitative estimate of drug-likeness (QED) is 0.824. The number of halogens is 1. The van der Waals surface area contributed by atoms with Gasteiger partial charge in [0.1, 0.15) is 5.75 Å². The standard InChI is InChI=1S/C14H23BrO3Si/c1-14(2,3)19(5,6)18-13-7-10(9-16)11(15)8-12(13)17-4/h7-8,16H,9H2,1-6H3. The molecule has 0 bridgehead atoms. The third-order valence-electron chi connectivity index (χ3n) is 3.67. The molecule has 0 spiro atoms. The summed E-state index contributed by atoms with van der Waals surface area (Å²) in [5, 5.41) is 9.47. The molecular formula is C14H23BrO3Si. The van der Waals surface area contributed by atoms with Crippen LogP contribution in [0.25, 0.3) is 0 Å². The molecule has 0 amide bonds. The summed E-state index contributed by atoms with van der Waals surface area (Å²) in [7, 11) is -0.299. The van der Waals surface area contributed by atoms with E-state index >= 15 is 0 Å². The summed E-state index contributed by atoms with van der Waals surface area (Å²) < 4.78 is 12.5. The van der Waals surface area contributed by atoms with E-state index in [1.165, 1.54) is 0 Å². The minimum absolute atomic E-state index is 0.0293. The molecule has 0 aliphatic heterocycles. The highest BCUT2D eigenvalue weighted by molar-refractivity contribution is 9.10. The summed E-state index contributed by atoms with van der Waals surface area (Å²) in [6.45, 7) is 10.9. The Hall–Kier alpha value is -0.523. The van der Waals surface area contributed by atoms with Crippen LogP contribution >= 0.6 is 15.9 Å². The van der Waals surface area contributed by atoms with E-state index in [1.54, 1.807) is 7.11 Å². The molecule has 0 atom stereocenters. The summed E-state index contributed by atoms with van der Waals surface area (Å²) in [4.78, 5) is 0. The van der Waals surface area contributed by atoms with Gasteiger partial charge in [0.2, 0.25) is 0 Å². The van der Waals surface area contributed by atoms with Crippen molar-refractivity contribution in [3.63, 3.8) is 0 Å². The Kier molecular flexibility index (Phi) is 5.09. The second kappa shape index (κ2) is 5.85. The minimum atomic E-state index is -1.92. The van der Waals surface area contributed by atoms with Gasteiger partial charge in [-0.25, -0.2) is 0 Å². The second-order valence-electron chi connectivity index (χ2n) is 6.11. The van der Waals surface area contributed by atoms with Crippen molar-refractivity contribution in [2.45, 2.75) is 45.5 Å². The van der Waals surface area contributed by atoms with Crippen molar-refractivity contribution in [1.82, 2.24) is 0 Å². The maximum atomic E-state index is 9.35. The molecule has 5 heteroatoms. The first-order valence-electron chi connectivity index (χ1n) is 6.28. The molecule has 0 aliphatic carbocycles. The summed E-state index contributed by atoms with van der Waals surface area (Å²) in [6.07, 6.45) is 0. The highest BCUT2D eigenvalue weighted by atomic mass is 79.9. The average Bonchev–Trinajstić information content (AvgIpc) is 2.29. The van der Waals surface area contributed by atoms with E-state index < -0.39 is 8.32 Å². The SMILES string of the molecule is COc1cc(Br)c(CO)cc1O[Si](C)(C)C(C)(C)C. The average molecular weight is 347 g/mol. The number of ether oxygens (including phenoxy) is 1. The molecule has 1 aromatic rings. The Morgan fingerprint density at radius 2 is 1.79 bits per heavy atom. The maximum Gasteiger partial charge on any atom is 0.250 e. The van der Waals surface area contributed by atoms with E-state index in [9.17, 15) is 5.11 Å². The number of rotatable bonds is 4. The van der Waals surface area contributed by atoms with Gasteiger partial charge >= 0.3 is 0 Å². The molecule has 3 nitrogen and oxygen atoms in total. The van der Waals surface area contributed by atoms with Crippen LogP contribution < -0.4 is 9.16 Å². The lowest BCUT2D eigenvalue weighted by Gasteiger charge is -2.37. The number of benzene rings is 1. The monoisotopic (exact) mass is 346 g/mol. The van der Waals surface area contributed by atoms with Gasteiger partial charge in [-0.2, -0.15) is 0 Å². The molecule has 0 aromatic heterocycles. The van der Waals surface area contributed by atoms with Gasteiger partial charge in [-0.1, -0.05) is 36.7 Å². The van der Waals surface area contributed by atoms with E-state index in [1.807, 2.05) is 12.1 Å². The minimum Gasteiger partial charge on any atom is -0.541 e. The van der Waals surface area contributed by atoms with Crippen LogP contribution in [0.5, 0.6) is 11.5 Å². The molecular weight excluding hydrogens is 324 g/mol. The molecule has 0 unspecified atom stereocenters. The number of aliphatic hydroxyl groups excluding tert-OH is 1. The first-order chi connectivity index (χ1) is 8.62. The lowest BCUT2D eigenvalue weighted by atomic mass is 10.2. The number of aliphatic hydroxyl groups is 1. The fourth-order valence-corrected chi connectivity index (χ4v) is 2.83. The Bertz CT molecular complexity index is 453. The van der Waals surface area contributed by atoms with Gasteiger partial charge in [0.15, 0.2) is 5.75 Å². The third kappa shape index (κ3) is 3.74. The van der Waals surface area contributed by atoms with E-state index in [2.05, 4.69) is 49.8 Å². The van der Waals surface area contributed by atoms with Gasteiger partial charge in [0.25, 0.3) is 8.32 Å². The molecule has 108 valence electrons. The smallest absolute Gasteiger partial charge is 0.250 e. The van der Waals surface area contributed by atoms with Crippen LogP contribution in [0.2, 0.25) is 18.1 Å². The molecule has 0 fully saturated rings. The predicted octanol–water partition coefficient (Wildman–Crippen LogP) is 4.33. The lowest BCUT2D eigenvalue weighted by Crippen LogP contribution is -2.43. The van der Waals surface area contributed by atoms with E-state index in [4.69, 9.17) is 9.16 Å². The van der Waals surface area contributed by atoms with Crippen molar-refractivity contribution < 1.29 is 14.3 Å². The number of hydrogen-bond acceptors (Lipinski definition) is 3. The summed E-state index contributed by atoms with van der Waals surface area (Å²) in [5.41, 5.74) is 0.800. The molecule has 19 heavy (non-hydrogen) atoms. The van der Waals surface area contributed by atoms with Crippen LogP contribution in [-0.4, -0.2) is 20.5 Å². The van der Waals surface area contributed by atoms with Crippen LogP contribution in [0.4, 0.5) is 0 Å². The molecule has 1 N–H and O–H groups in total. The molecule has 0 aliphatic rings. The maximum absolute atomic E-state index is 9.35. The van der Waals surface area contributed by atoms with Gasteiger partial charge in [-0.05, 0) is 35.8 Å². The Morgan fingerprint density at radius 1 is 1.21 bits per heavy atom. The zero-order valence-electron chi connectivity index (χ0n) is 12.5. The van der Waals surface area contributed by atoms with Crippen LogP contribution in [0.15, 0.2) is 16.6 Å². The molecule has 0 heterocycles. The van der Waals surface area contributed by atoms with Crippen molar-refractivity contribution in [2.24, 2.45) is 0 Å². The Balaban J connectivity index is 3.20. The van der Waals surface area contributed by atoms with Crippen molar-refractivity contribution in [3.8, 4) is 11.5 Å². The Labute approximate surface area is 125 Å². The number of methoxy groups -OCH3 is 1. The number of hydrogen-bond donors (Lipinski definition) is 1. The van der Waals surface area contributed by atoms with Crippen molar-refractivity contribution in [3.05, 3.63) is 22.2 Å². The topological polar surface area (TPSA) is 38.7 Å². The van der Waals surface area contributed by atoms with Gasteiger partial charge in [-0.15, -0.1) is 0 Å². The summed E-state index contributed by atoms with van der Waals surface area (Å²) in [6, 6.07) is 3.69. The Morgan fingerprint density at radius 3 is 2.21 bits per heavy atom. The predicted molar refractivity (Wildman–Crippen MR) is 84.4 cm³/mol. The van der Waals surface area contributed by atoms with Gasteiger partial charge < -0.3 is 14.3 Å². The first-order valence-corrected chi connectivity index (χ1v) is 9.99. The largest absolute Gasteiger partial charge is 0.541 e. The molecule has 0 saturated heterocycles. The van der Waals surface area contributed by atoms with Crippen molar-refractivity contribution in [2.75, 3.05) is 7.11 Å². The third-order valence-corrected chi connectivity index (χ3v) is 8.76. The zero-order valence-corrected chi connectivity index (χ0v) is 15.1. The molecule has 0 radical (unpaired) electrons. The van der Waals surface area contributed by atoms with Gasteiger partial charge in [0.05, 0.1) is 13.7 Å². The van der Waals surface area contributed by atoms with Crippen LogP contribution in [0.3, 0.4) is 0 Å².